The van der Waals surface area contributed by atoms with Crippen LogP contribution in [0.25, 0.3) is 0 Å². The SMILES string of the molecule is Cc1nc(C)c(C(=O)N[C@@H]2C3CN4CCN(C3)CC2(c2ccccc2)C4)o1. The molecule has 0 spiro atoms. The van der Waals surface area contributed by atoms with E-state index in [4.69, 9.17) is 4.42 Å². The molecule has 1 N–H and O–H groups in total. The zero-order valence-corrected chi connectivity index (χ0v) is 15.9. The smallest absolute Gasteiger partial charge is 0.289 e. The fraction of sp³-hybridized carbons (Fsp3) is 0.524. The Morgan fingerprint density at radius 1 is 1.15 bits per heavy atom. The Morgan fingerprint density at radius 3 is 2.41 bits per heavy atom. The summed E-state index contributed by atoms with van der Waals surface area (Å²) in [6, 6.07) is 10.8. The molecule has 3 atom stereocenters. The van der Waals surface area contributed by atoms with Crippen LogP contribution in [-0.4, -0.2) is 66.0 Å². The summed E-state index contributed by atoms with van der Waals surface area (Å²) in [6.07, 6.45) is 0. The standard InChI is InChI=1S/C21H26N4O2/c1-14-18(27-15(2)22-14)20(26)23-19-16-10-24-8-9-25(11-16)13-21(19,12-24)17-6-4-3-5-7-17/h3-7,16,19H,8-13H2,1-2H3,(H,23,26)/t16?,19-,21?/m1/s1. The van der Waals surface area contributed by atoms with E-state index in [-0.39, 0.29) is 17.4 Å². The number of hydrogen-bond donors (Lipinski definition) is 1. The molecule has 4 saturated heterocycles. The highest BCUT2D eigenvalue weighted by Crippen LogP contribution is 2.43. The van der Waals surface area contributed by atoms with E-state index in [2.05, 4.69) is 50.4 Å². The Labute approximate surface area is 159 Å². The van der Waals surface area contributed by atoms with Crippen LogP contribution in [0.3, 0.4) is 0 Å². The third-order valence-corrected chi connectivity index (χ3v) is 6.54. The van der Waals surface area contributed by atoms with Gasteiger partial charge in [0.2, 0.25) is 5.76 Å². The Morgan fingerprint density at radius 2 is 1.81 bits per heavy atom. The first-order valence-corrected chi connectivity index (χ1v) is 9.80. The zero-order chi connectivity index (χ0) is 18.6. The lowest BCUT2D eigenvalue weighted by atomic mass is 9.64. The first-order valence-electron chi connectivity index (χ1n) is 9.80. The van der Waals surface area contributed by atoms with Crippen LogP contribution in [0.2, 0.25) is 0 Å². The number of nitrogens with zero attached hydrogens (tertiary/aromatic N) is 3. The number of carbonyl (C=O) groups is 1. The van der Waals surface area contributed by atoms with Gasteiger partial charge in [0.15, 0.2) is 5.89 Å². The minimum Gasteiger partial charge on any atom is -0.436 e. The Bertz CT molecular complexity index is 846. The van der Waals surface area contributed by atoms with Gasteiger partial charge in [-0.25, -0.2) is 4.98 Å². The molecular formula is C21H26N4O2. The maximum atomic E-state index is 13.1. The van der Waals surface area contributed by atoms with Crippen molar-refractivity contribution in [3.8, 4) is 0 Å². The highest BCUT2D eigenvalue weighted by molar-refractivity contribution is 5.92. The van der Waals surface area contributed by atoms with Crippen molar-refractivity contribution >= 4 is 5.91 Å². The molecule has 6 nitrogen and oxygen atoms in total. The number of amides is 1. The van der Waals surface area contributed by atoms with Crippen molar-refractivity contribution in [1.82, 2.24) is 20.1 Å². The molecule has 0 saturated carbocycles. The van der Waals surface area contributed by atoms with Crippen LogP contribution in [0, 0.1) is 19.8 Å². The molecule has 4 aliphatic heterocycles. The molecule has 142 valence electrons. The summed E-state index contributed by atoms with van der Waals surface area (Å²) < 4.78 is 5.59. The van der Waals surface area contributed by atoms with Crippen LogP contribution in [0.15, 0.2) is 34.7 Å². The van der Waals surface area contributed by atoms with E-state index >= 15 is 0 Å². The summed E-state index contributed by atoms with van der Waals surface area (Å²) in [5.41, 5.74) is 1.90. The van der Waals surface area contributed by atoms with Gasteiger partial charge in [-0.15, -0.1) is 0 Å². The Hall–Kier alpha value is -2.18. The van der Waals surface area contributed by atoms with Gasteiger partial charge < -0.3 is 19.5 Å². The fourth-order valence-electron chi connectivity index (χ4n) is 5.52. The molecule has 1 aromatic heterocycles. The summed E-state index contributed by atoms with van der Waals surface area (Å²) in [6.45, 7) is 9.92. The van der Waals surface area contributed by atoms with E-state index in [1.54, 1.807) is 6.92 Å². The van der Waals surface area contributed by atoms with Crippen molar-refractivity contribution in [2.24, 2.45) is 5.92 Å². The minimum atomic E-state index is -0.135. The summed E-state index contributed by atoms with van der Waals surface area (Å²) in [7, 11) is 0. The van der Waals surface area contributed by atoms with Gasteiger partial charge in [0, 0.05) is 63.6 Å². The first kappa shape index (κ1) is 17.0. The predicted molar refractivity (Wildman–Crippen MR) is 102 cm³/mol. The normalized spacial score (nSPS) is 34.4. The molecule has 6 heteroatoms. The number of oxazole rings is 1. The number of carbonyl (C=O) groups excluding carboxylic acids is 1. The molecule has 2 aromatic rings. The first-order chi connectivity index (χ1) is 13.0. The summed E-state index contributed by atoms with van der Waals surface area (Å²) in [5.74, 6) is 1.17. The van der Waals surface area contributed by atoms with Crippen molar-refractivity contribution in [3.05, 3.63) is 53.2 Å². The molecule has 4 aliphatic rings. The number of nitrogens with one attached hydrogen (secondary N) is 1. The fourth-order valence-corrected chi connectivity index (χ4v) is 5.52. The molecule has 1 aromatic carbocycles. The number of benzene rings is 1. The lowest BCUT2D eigenvalue weighted by Crippen LogP contribution is -2.70. The summed E-state index contributed by atoms with van der Waals surface area (Å²) in [4.78, 5) is 22.5. The van der Waals surface area contributed by atoms with Crippen LogP contribution >= 0.6 is 0 Å². The summed E-state index contributed by atoms with van der Waals surface area (Å²) >= 11 is 0. The number of fused-ring (bicyclic) bond motifs is 1. The van der Waals surface area contributed by atoms with Crippen LogP contribution in [-0.2, 0) is 5.41 Å². The van der Waals surface area contributed by atoms with E-state index in [1.807, 2.05) is 6.92 Å². The average molecular weight is 366 g/mol. The Kier molecular flexibility index (Phi) is 3.88. The van der Waals surface area contributed by atoms with E-state index in [0.29, 0.717) is 23.3 Å². The number of aromatic nitrogens is 1. The molecule has 1 amide bonds. The van der Waals surface area contributed by atoms with E-state index in [9.17, 15) is 4.79 Å². The zero-order valence-electron chi connectivity index (χ0n) is 15.9. The lowest BCUT2D eigenvalue weighted by molar-refractivity contribution is 0.0174. The average Bonchev–Trinajstić information content (AvgIpc) is 2.82. The highest BCUT2D eigenvalue weighted by Gasteiger charge is 2.55. The monoisotopic (exact) mass is 366 g/mol. The third-order valence-electron chi connectivity index (χ3n) is 6.54. The van der Waals surface area contributed by atoms with Crippen molar-refractivity contribution in [2.45, 2.75) is 25.3 Å². The Balaban J connectivity index is 1.53. The van der Waals surface area contributed by atoms with E-state index in [1.165, 1.54) is 5.56 Å². The molecule has 5 heterocycles. The van der Waals surface area contributed by atoms with Crippen molar-refractivity contribution in [1.29, 1.82) is 0 Å². The van der Waals surface area contributed by atoms with Gasteiger partial charge in [0.05, 0.1) is 5.69 Å². The number of aryl methyl sites for hydroxylation is 2. The largest absolute Gasteiger partial charge is 0.436 e. The van der Waals surface area contributed by atoms with Gasteiger partial charge in [0.25, 0.3) is 5.91 Å². The highest BCUT2D eigenvalue weighted by atomic mass is 16.4. The number of rotatable bonds is 3. The summed E-state index contributed by atoms with van der Waals surface area (Å²) in [5, 5.41) is 3.37. The van der Waals surface area contributed by atoms with Crippen LogP contribution in [0.5, 0.6) is 0 Å². The molecule has 4 fully saturated rings. The van der Waals surface area contributed by atoms with Gasteiger partial charge in [0.1, 0.15) is 0 Å². The molecule has 27 heavy (non-hydrogen) atoms. The molecule has 4 bridgehead atoms. The van der Waals surface area contributed by atoms with Gasteiger partial charge >= 0.3 is 0 Å². The molecule has 0 aliphatic carbocycles. The van der Waals surface area contributed by atoms with Crippen molar-refractivity contribution in [2.75, 3.05) is 39.3 Å². The topological polar surface area (TPSA) is 61.6 Å². The molecule has 6 rings (SSSR count). The second-order valence-electron chi connectivity index (χ2n) is 8.35. The lowest BCUT2D eigenvalue weighted by Gasteiger charge is -2.55. The quantitative estimate of drug-likeness (QED) is 0.894. The molecular weight excluding hydrogens is 340 g/mol. The van der Waals surface area contributed by atoms with Gasteiger partial charge in [-0.05, 0) is 12.5 Å². The van der Waals surface area contributed by atoms with Crippen LogP contribution in [0.4, 0.5) is 0 Å². The number of piperidine rings is 2. The third kappa shape index (κ3) is 2.70. The predicted octanol–water partition coefficient (Wildman–Crippen LogP) is 1.59. The molecule has 0 radical (unpaired) electrons. The second-order valence-corrected chi connectivity index (χ2v) is 8.35. The van der Waals surface area contributed by atoms with Gasteiger partial charge in [-0.2, -0.15) is 0 Å². The van der Waals surface area contributed by atoms with Crippen LogP contribution < -0.4 is 5.32 Å². The van der Waals surface area contributed by atoms with Gasteiger partial charge in [-0.1, -0.05) is 30.3 Å². The molecule has 2 unspecified atom stereocenters. The number of hydrogen-bond acceptors (Lipinski definition) is 5. The van der Waals surface area contributed by atoms with E-state index in [0.717, 1.165) is 39.3 Å². The van der Waals surface area contributed by atoms with Crippen LogP contribution in [0.1, 0.15) is 27.7 Å². The van der Waals surface area contributed by atoms with Crippen molar-refractivity contribution < 1.29 is 9.21 Å². The maximum absolute atomic E-state index is 13.1. The second kappa shape index (κ2) is 6.17. The van der Waals surface area contributed by atoms with E-state index < -0.39 is 0 Å². The minimum absolute atomic E-state index is 0.0858. The van der Waals surface area contributed by atoms with Crippen molar-refractivity contribution in [3.63, 3.8) is 0 Å². The van der Waals surface area contributed by atoms with Gasteiger partial charge in [-0.3, -0.25) is 4.79 Å². The maximum Gasteiger partial charge on any atom is 0.289 e.